The van der Waals surface area contributed by atoms with Crippen LogP contribution in [0.2, 0.25) is 0 Å². The number of rotatable bonds is 3. The van der Waals surface area contributed by atoms with Gasteiger partial charge in [-0.1, -0.05) is 5.16 Å². The summed E-state index contributed by atoms with van der Waals surface area (Å²) in [5, 5.41) is 3.62. The molecule has 0 radical (unpaired) electrons. The number of aryl methyl sites for hydroxylation is 1. The molecule has 3 rings (SSSR count). The van der Waals surface area contributed by atoms with Crippen LogP contribution in [-0.2, 0) is 11.3 Å². The Balaban J connectivity index is 1.87. The van der Waals surface area contributed by atoms with Crippen molar-refractivity contribution in [3.8, 4) is 0 Å². The highest BCUT2D eigenvalue weighted by molar-refractivity contribution is 6.13. The van der Waals surface area contributed by atoms with Crippen LogP contribution in [0.15, 0.2) is 28.8 Å². The highest BCUT2D eigenvalue weighted by Crippen LogP contribution is 2.26. The largest absolute Gasteiger partial charge is 0.337 e. The molecule has 7 nitrogen and oxygen atoms in total. The number of imide groups is 1. The molecule has 1 aliphatic rings. The lowest BCUT2D eigenvalue weighted by Gasteiger charge is -2.18. The van der Waals surface area contributed by atoms with Crippen LogP contribution in [0, 0.1) is 12.7 Å². The standard InChI is InChI=1S/C14H13FN4O3/c1-8-13(20)18(7-12-16-9(2)17-22-12)14(21)19(8)11-5-3-10(15)4-6-11/h3-6,8H,7H2,1-2H3/t8-/m1/s1. The van der Waals surface area contributed by atoms with Crippen LogP contribution < -0.4 is 4.90 Å². The van der Waals surface area contributed by atoms with E-state index in [0.717, 1.165) is 4.90 Å². The number of hydrogen-bond acceptors (Lipinski definition) is 5. The van der Waals surface area contributed by atoms with Gasteiger partial charge in [0.2, 0.25) is 5.89 Å². The van der Waals surface area contributed by atoms with Crippen molar-refractivity contribution in [1.82, 2.24) is 15.0 Å². The van der Waals surface area contributed by atoms with E-state index in [4.69, 9.17) is 4.52 Å². The number of carbonyl (C=O) groups excluding carboxylic acids is 2. The molecule has 1 aromatic heterocycles. The lowest BCUT2D eigenvalue weighted by atomic mass is 10.2. The number of urea groups is 1. The molecule has 114 valence electrons. The highest BCUT2D eigenvalue weighted by Gasteiger charge is 2.43. The number of aromatic nitrogens is 2. The Kier molecular flexibility index (Phi) is 3.36. The predicted molar refractivity (Wildman–Crippen MR) is 73.3 cm³/mol. The molecule has 8 heteroatoms. The van der Waals surface area contributed by atoms with Crippen LogP contribution in [0.5, 0.6) is 0 Å². The summed E-state index contributed by atoms with van der Waals surface area (Å²) < 4.78 is 17.9. The molecule has 3 amide bonds. The molecule has 2 aromatic rings. The lowest BCUT2D eigenvalue weighted by Crippen LogP contribution is -2.33. The van der Waals surface area contributed by atoms with Gasteiger partial charge in [-0.05, 0) is 38.1 Å². The second kappa shape index (κ2) is 5.21. The van der Waals surface area contributed by atoms with E-state index in [0.29, 0.717) is 11.5 Å². The zero-order chi connectivity index (χ0) is 15.9. The van der Waals surface area contributed by atoms with Crippen molar-refractivity contribution in [2.75, 3.05) is 4.90 Å². The van der Waals surface area contributed by atoms with Crippen LogP contribution in [0.3, 0.4) is 0 Å². The van der Waals surface area contributed by atoms with Gasteiger partial charge in [-0.15, -0.1) is 0 Å². The molecule has 0 unspecified atom stereocenters. The fraction of sp³-hybridized carbons (Fsp3) is 0.286. The van der Waals surface area contributed by atoms with Gasteiger partial charge in [-0.25, -0.2) is 9.18 Å². The molecule has 1 atom stereocenters. The maximum Gasteiger partial charge on any atom is 0.332 e. The molecule has 0 saturated carbocycles. The summed E-state index contributed by atoms with van der Waals surface area (Å²) in [4.78, 5) is 31.1. The Morgan fingerprint density at radius 2 is 1.95 bits per heavy atom. The zero-order valence-corrected chi connectivity index (χ0v) is 12.0. The normalized spacial score (nSPS) is 18.4. The maximum atomic E-state index is 13.0. The minimum Gasteiger partial charge on any atom is -0.337 e. The lowest BCUT2D eigenvalue weighted by molar-refractivity contribution is -0.127. The Hall–Kier alpha value is -2.77. The van der Waals surface area contributed by atoms with Crippen LogP contribution in [-0.4, -0.2) is 33.0 Å². The summed E-state index contributed by atoms with van der Waals surface area (Å²) in [7, 11) is 0. The van der Waals surface area contributed by atoms with Crippen molar-refractivity contribution in [2.45, 2.75) is 26.4 Å². The van der Waals surface area contributed by atoms with Crippen LogP contribution in [0.25, 0.3) is 0 Å². The average molecular weight is 304 g/mol. The van der Waals surface area contributed by atoms with Crippen molar-refractivity contribution in [2.24, 2.45) is 0 Å². The summed E-state index contributed by atoms with van der Waals surface area (Å²) in [5.74, 6) is -0.164. The Labute approximate surface area is 125 Å². The van der Waals surface area contributed by atoms with Gasteiger partial charge in [0.25, 0.3) is 5.91 Å². The highest BCUT2D eigenvalue weighted by atomic mass is 19.1. The first-order valence-electron chi connectivity index (χ1n) is 6.66. The van der Waals surface area contributed by atoms with Crippen molar-refractivity contribution in [1.29, 1.82) is 0 Å². The number of halogens is 1. The Morgan fingerprint density at radius 1 is 1.27 bits per heavy atom. The van der Waals surface area contributed by atoms with E-state index in [2.05, 4.69) is 10.1 Å². The fourth-order valence-corrected chi connectivity index (χ4v) is 2.35. The Bertz CT molecular complexity index is 728. The third-order valence-corrected chi connectivity index (χ3v) is 3.42. The van der Waals surface area contributed by atoms with E-state index in [-0.39, 0.29) is 18.3 Å². The van der Waals surface area contributed by atoms with Crippen molar-refractivity contribution in [3.05, 3.63) is 41.8 Å². The molecular weight excluding hydrogens is 291 g/mol. The van der Waals surface area contributed by atoms with Crippen LogP contribution in [0.1, 0.15) is 18.6 Å². The topological polar surface area (TPSA) is 79.5 Å². The van der Waals surface area contributed by atoms with Crippen LogP contribution in [0.4, 0.5) is 14.9 Å². The SMILES string of the molecule is Cc1noc(CN2C(=O)[C@@H](C)N(c3ccc(F)cc3)C2=O)n1. The minimum atomic E-state index is -0.679. The summed E-state index contributed by atoms with van der Waals surface area (Å²) >= 11 is 0. The van der Waals surface area contributed by atoms with Gasteiger partial charge >= 0.3 is 6.03 Å². The molecule has 2 heterocycles. The summed E-state index contributed by atoms with van der Waals surface area (Å²) in [6.45, 7) is 3.18. The van der Waals surface area contributed by atoms with Gasteiger partial charge in [0.15, 0.2) is 5.82 Å². The molecule has 0 bridgehead atoms. The van der Waals surface area contributed by atoms with Gasteiger partial charge in [0.05, 0.1) is 0 Å². The number of carbonyl (C=O) groups is 2. The molecule has 0 N–H and O–H groups in total. The third kappa shape index (κ3) is 2.32. The number of anilines is 1. The molecule has 1 aromatic carbocycles. The Morgan fingerprint density at radius 3 is 2.55 bits per heavy atom. The summed E-state index contributed by atoms with van der Waals surface area (Å²) in [5.41, 5.74) is 0.455. The van der Waals surface area contributed by atoms with E-state index in [9.17, 15) is 14.0 Å². The zero-order valence-electron chi connectivity index (χ0n) is 12.0. The van der Waals surface area contributed by atoms with Gasteiger partial charge in [-0.2, -0.15) is 4.98 Å². The van der Waals surface area contributed by atoms with Gasteiger partial charge in [-0.3, -0.25) is 14.6 Å². The molecule has 22 heavy (non-hydrogen) atoms. The van der Waals surface area contributed by atoms with Crippen LogP contribution >= 0.6 is 0 Å². The second-order valence-corrected chi connectivity index (χ2v) is 4.96. The molecule has 0 spiro atoms. The molecule has 1 aliphatic heterocycles. The van der Waals surface area contributed by atoms with E-state index in [1.54, 1.807) is 13.8 Å². The van der Waals surface area contributed by atoms with Crippen molar-refractivity contribution < 1.29 is 18.5 Å². The second-order valence-electron chi connectivity index (χ2n) is 4.96. The number of amides is 3. The van der Waals surface area contributed by atoms with Crippen molar-refractivity contribution >= 4 is 17.6 Å². The number of benzene rings is 1. The molecule has 0 aliphatic carbocycles. The van der Waals surface area contributed by atoms with Gasteiger partial charge in [0.1, 0.15) is 18.4 Å². The summed E-state index contributed by atoms with van der Waals surface area (Å²) in [6.07, 6.45) is 0. The molecular formula is C14H13FN4O3. The number of hydrogen-bond donors (Lipinski definition) is 0. The predicted octanol–water partition coefficient (Wildman–Crippen LogP) is 1.87. The average Bonchev–Trinajstić information content (AvgIpc) is 2.98. The van der Waals surface area contributed by atoms with Crippen molar-refractivity contribution in [3.63, 3.8) is 0 Å². The number of nitrogens with zero attached hydrogens (tertiary/aromatic N) is 4. The smallest absolute Gasteiger partial charge is 0.332 e. The van der Waals surface area contributed by atoms with E-state index < -0.39 is 17.9 Å². The maximum absolute atomic E-state index is 13.0. The van der Waals surface area contributed by atoms with Gasteiger partial charge in [0, 0.05) is 5.69 Å². The first kappa shape index (κ1) is 14.2. The van der Waals surface area contributed by atoms with E-state index >= 15 is 0 Å². The monoisotopic (exact) mass is 304 g/mol. The third-order valence-electron chi connectivity index (χ3n) is 3.42. The summed E-state index contributed by atoms with van der Waals surface area (Å²) in [6, 6.07) is 4.21. The first-order valence-corrected chi connectivity index (χ1v) is 6.66. The minimum absolute atomic E-state index is 0.0828. The fourth-order valence-electron chi connectivity index (χ4n) is 2.35. The molecule has 1 fully saturated rings. The first-order chi connectivity index (χ1) is 10.5. The van der Waals surface area contributed by atoms with Gasteiger partial charge < -0.3 is 4.52 Å². The van der Waals surface area contributed by atoms with E-state index in [1.165, 1.54) is 29.2 Å². The quantitative estimate of drug-likeness (QED) is 0.809. The van der Waals surface area contributed by atoms with E-state index in [1.807, 2.05) is 0 Å². The molecule has 1 saturated heterocycles.